The summed E-state index contributed by atoms with van der Waals surface area (Å²) in [5.41, 5.74) is 3.91. The summed E-state index contributed by atoms with van der Waals surface area (Å²) in [5.74, 6) is -0.160. The second kappa shape index (κ2) is 10.8. The second-order valence-corrected chi connectivity index (χ2v) is 8.74. The highest BCUT2D eigenvalue weighted by atomic mass is 16.5. The summed E-state index contributed by atoms with van der Waals surface area (Å²) in [7, 11) is 0. The Kier molecular flexibility index (Phi) is 8.63. The van der Waals surface area contributed by atoms with E-state index in [0.29, 0.717) is 6.61 Å². The van der Waals surface area contributed by atoms with Gasteiger partial charge in [-0.3, -0.25) is 14.9 Å². The topological polar surface area (TPSA) is 58.6 Å². The number of allylic oxidation sites excluding steroid dienone is 1. The number of carbonyl (C=O) groups is 2. The lowest BCUT2D eigenvalue weighted by Crippen LogP contribution is -2.51. The van der Waals surface area contributed by atoms with Crippen LogP contribution in [0, 0.1) is 6.92 Å². The van der Waals surface area contributed by atoms with Gasteiger partial charge in [0.15, 0.2) is 0 Å². The highest BCUT2D eigenvalue weighted by Gasteiger charge is 2.47. The number of amides is 1. The first-order chi connectivity index (χ1) is 14.6. The van der Waals surface area contributed by atoms with Gasteiger partial charge in [-0.25, -0.2) is 0 Å². The van der Waals surface area contributed by atoms with Crippen LogP contribution < -0.4 is 5.32 Å². The Hall–Kier alpha value is -2.40. The van der Waals surface area contributed by atoms with Crippen molar-refractivity contribution in [3.05, 3.63) is 58.7 Å². The van der Waals surface area contributed by atoms with E-state index in [1.165, 1.54) is 11.1 Å². The second-order valence-electron chi connectivity index (χ2n) is 8.74. The van der Waals surface area contributed by atoms with Gasteiger partial charge in [-0.15, -0.1) is 0 Å². The Bertz CT molecular complexity index is 854. The average molecular weight is 427 g/mol. The summed E-state index contributed by atoms with van der Waals surface area (Å²) in [6, 6.07) is 5.89. The molecule has 1 amide bonds. The molecule has 1 N–H and O–H groups in total. The largest absolute Gasteiger partial charge is 0.465 e. The third-order valence-electron chi connectivity index (χ3n) is 5.75. The number of rotatable bonds is 9. The first-order valence-electron chi connectivity index (χ1n) is 11.3. The van der Waals surface area contributed by atoms with Crippen molar-refractivity contribution < 1.29 is 14.3 Å². The van der Waals surface area contributed by atoms with E-state index in [9.17, 15) is 9.59 Å². The average Bonchev–Trinajstić information content (AvgIpc) is 2.97. The summed E-state index contributed by atoms with van der Waals surface area (Å²) >= 11 is 0. The van der Waals surface area contributed by atoms with Crippen LogP contribution in [0.3, 0.4) is 0 Å². The maximum absolute atomic E-state index is 13.5. The molecule has 0 saturated carbocycles. The van der Waals surface area contributed by atoms with Crippen molar-refractivity contribution >= 4 is 11.9 Å². The molecule has 5 heteroatoms. The van der Waals surface area contributed by atoms with Gasteiger partial charge < -0.3 is 9.64 Å². The molecule has 1 aromatic carbocycles. The van der Waals surface area contributed by atoms with E-state index in [0.717, 1.165) is 24.0 Å². The quantitative estimate of drug-likeness (QED) is 0.446. The molecule has 1 fully saturated rings. The molecule has 0 spiro atoms. The fraction of sp³-hybridized carbons (Fsp3) is 0.538. The predicted octanol–water partition coefficient (Wildman–Crippen LogP) is 5.00. The molecular weight excluding hydrogens is 388 g/mol. The van der Waals surface area contributed by atoms with E-state index >= 15 is 0 Å². The van der Waals surface area contributed by atoms with Gasteiger partial charge in [-0.1, -0.05) is 55.8 Å². The lowest BCUT2D eigenvalue weighted by atomic mass is 9.99. The third-order valence-corrected chi connectivity index (χ3v) is 5.75. The fourth-order valence-electron chi connectivity index (χ4n) is 4.26. The highest BCUT2D eigenvalue weighted by Crippen LogP contribution is 2.34. The zero-order chi connectivity index (χ0) is 23.2. The number of esters is 1. The Morgan fingerprint density at radius 2 is 2.00 bits per heavy atom. The Labute approximate surface area is 187 Å². The molecule has 1 saturated heterocycles. The van der Waals surface area contributed by atoms with Gasteiger partial charge in [0.25, 0.3) is 0 Å². The Morgan fingerprint density at radius 1 is 1.29 bits per heavy atom. The maximum atomic E-state index is 13.5. The lowest BCUT2D eigenvalue weighted by Gasteiger charge is -2.37. The molecule has 2 atom stereocenters. The number of ether oxygens (including phenoxy) is 1. The minimum Gasteiger partial charge on any atom is -0.465 e. The molecule has 2 rings (SSSR count). The van der Waals surface area contributed by atoms with Crippen molar-refractivity contribution in [1.29, 1.82) is 0 Å². The van der Waals surface area contributed by atoms with Crippen molar-refractivity contribution in [2.24, 2.45) is 0 Å². The molecule has 0 bridgehead atoms. The normalized spacial score (nSPS) is 19.8. The lowest BCUT2D eigenvalue weighted by molar-refractivity contribution is -0.142. The summed E-state index contributed by atoms with van der Waals surface area (Å²) < 4.78 is 5.12. The van der Waals surface area contributed by atoms with Gasteiger partial charge in [0, 0.05) is 0 Å². The van der Waals surface area contributed by atoms with E-state index in [1.54, 1.807) is 0 Å². The minimum atomic E-state index is -0.501. The van der Waals surface area contributed by atoms with Crippen LogP contribution in [0.5, 0.6) is 0 Å². The van der Waals surface area contributed by atoms with Crippen LogP contribution in [-0.4, -0.2) is 35.1 Å². The van der Waals surface area contributed by atoms with Crippen LogP contribution in [0.1, 0.15) is 77.1 Å². The van der Waals surface area contributed by atoms with Crippen molar-refractivity contribution in [1.82, 2.24) is 10.2 Å². The van der Waals surface area contributed by atoms with E-state index in [1.807, 2.05) is 57.7 Å². The summed E-state index contributed by atoms with van der Waals surface area (Å²) in [5, 5.41) is 3.53. The highest BCUT2D eigenvalue weighted by molar-refractivity contribution is 5.87. The van der Waals surface area contributed by atoms with E-state index < -0.39 is 5.66 Å². The zero-order valence-electron chi connectivity index (χ0n) is 20.1. The van der Waals surface area contributed by atoms with Crippen molar-refractivity contribution in [2.45, 2.75) is 85.5 Å². The summed E-state index contributed by atoms with van der Waals surface area (Å²) in [4.78, 5) is 27.2. The number of hydrogen-bond donors (Lipinski definition) is 1. The number of hydrogen-bond acceptors (Lipinski definition) is 4. The molecule has 2 unspecified atom stereocenters. The maximum Gasteiger partial charge on any atom is 0.309 e. The third kappa shape index (κ3) is 6.07. The molecular formula is C26H38N2O3. The number of nitrogens with one attached hydrogen (secondary N) is 1. The van der Waals surface area contributed by atoms with Crippen LogP contribution in [0.4, 0.5) is 0 Å². The predicted molar refractivity (Wildman–Crippen MR) is 126 cm³/mol. The van der Waals surface area contributed by atoms with E-state index in [2.05, 4.69) is 37.4 Å². The van der Waals surface area contributed by atoms with Crippen LogP contribution >= 0.6 is 0 Å². The molecule has 5 nitrogen and oxygen atoms in total. The first-order valence-corrected chi connectivity index (χ1v) is 11.3. The summed E-state index contributed by atoms with van der Waals surface area (Å²) in [6.45, 7) is 14.7. The molecule has 1 heterocycles. The summed E-state index contributed by atoms with van der Waals surface area (Å²) in [6.07, 6.45) is 7.72. The molecule has 170 valence electrons. The standard InChI is InChI=1S/C26H38N2O3/c1-8-14-31-23(29)13-11-12-21(10-3)19(5)28-25(30)24(27-26(28,6)7)22-16-18(4)15-20(9-2)17-22/h10-12,15-17,19,24,27H,8-9,13-14H2,1-7H3/b12-11-,21-10+. The van der Waals surface area contributed by atoms with Crippen LogP contribution in [0.15, 0.2) is 42.0 Å². The van der Waals surface area contributed by atoms with Gasteiger partial charge in [-0.05, 0) is 64.2 Å². The molecule has 1 aliphatic rings. The SMILES string of the molecule is C/C=C(\C=C/CC(=O)OCCC)C(C)N1C(=O)C(c2cc(C)cc(CC)c2)NC1(C)C. The molecule has 31 heavy (non-hydrogen) atoms. The first kappa shape index (κ1) is 24.9. The minimum absolute atomic E-state index is 0.0697. The van der Waals surface area contributed by atoms with Gasteiger partial charge in [-0.2, -0.15) is 0 Å². The van der Waals surface area contributed by atoms with Crippen LogP contribution in [-0.2, 0) is 20.7 Å². The van der Waals surface area contributed by atoms with E-state index in [4.69, 9.17) is 4.74 Å². The van der Waals surface area contributed by atoms with Crippen molar-refractivity contribution in [3.63, 3.8) is 0 Å². The smallest absolute Gasteiger partial charge is 0.309 e. The van der Waals surface area contributed by atoms with Crippen molar-refractivity contribution in [2.75, 3.05) is 6.61 Å². The van der Waals surface area contributed by atoms with Gasteiger partial charge in [0.05, 0.1) is 24.7 Å². The Morgan fingerprint density at radius 3 is 2.61 bits per heavy atom. The van der Waals surface area contributed by atoms with Crippen LogP contribution in [0.25, 0.3) is 0 Å². The monoisotopic (exact) mass is 426 g/mol. The molecule has 1 aliphatic heterocycles. The van der Waals surface area contributed by atoms with Crippen molar-refractivity contribution in [3.8, 4) is 0 Å². The molecule has 0 radical (unpaired) electrons. The van der Waals surface area contributed by atoms with Gasteiger partial charge in [0.2, 0.25) is 5.91 Å². The number of aryl methyl sites for hydroxylation is 2. The van der Waals surface area contributed by atoms with E-state index in [-0.39, 0.29) is 30.4 Å². The van der Waals surface area contributed by atoms with Gasteiger partial charge in [0.1, 0.15) is 6.04 Å². The fourth-order valence-corrected chi connectivity index (χ4v) is 4.26. The molecule has 1 aromatic rings. The molecule has 0 aliphatic carbocycles. The van der Waals surface area contributed by atoms with Gasteiger partial charge >= 0.3 is 5.97 Å². The Balaban J connectivity index is 2.21. The molecule has 0 aromatic heterocycles. The zero-order valence-corrected chi connectivity index (χ0v) is 20.1. The number of carbonyl (C=O) groups excluding carboxylic acids is 2. The number of benzene rings is 1. The van der Waals surface area contributed by atoms with Crippen LogP contribution in [0.2, 0.25) is 0 Å². The number of nitrogens with zero attached hydrogens (tertiary/aromatic N) is 1.